The molecular formula is C16H21N3O3S. The summed E-state index contributed by atoms with van der Waals surface area (Å²) in [4.78, 5) is 39.7. The number of ketones is 1. The Morgan fingerprint density at radius 3 is 3.00 bits per heavy atom. The van der Waals surface area contributed by atoms with Crippen LogP contribution in [0.5, 0.6) is 0 Å². The molecule has 0 spiro atoms. The van der Waals surface area contributed by atoms with E-state index in [-0.39, 0.29) is 29.5 Å². The van der Waals surface area contributed by atoms with Crippen molar-refractivity contribution < 1.29 is 14.4 Å². The van der Waals surface area contributed by atoms with Crippen LogP contribution in [-0.2, 0) is 14.4 Å². The van der Waals surface area contributed by atoms with Gasteiger partial charge in [0.15, 0.2) is 5.78 Å². The summed E-state index contributed by atoms with van der Waals surface area (Å²) in [6, 6.07) is 0. The van der Waals surface area contributed by atoms with Gasteiger partial charge in [-0.3, -0.25) is 14.4 Å². The summed E-state index contributed by atoms with van der Waals surface area (Å²) >= 11 is 1.67. The van der Waals surface area contributed by atoms with Gasteiger partial charge in [-0.2, -0.15) is 0 Å². The minimum Gasteiger partial charge on any atom is -0.362 e. The molecule has 3 aliphatic rings. The molecule has 2 fully saturated rings. The third-order valence-corrected chi connectivity index (χ3v) is 5.74. The van der Waals surface area contributed by atoms with E-state index in [9.17, 15) is 14.4 Å². The molecule has 2 amide bonds. The highest BCUT2D eigenvalue weighted by atomic mass is 32.2. The number of carbonyl (C=O) groups excluding carboxylic acids is 3. The molecular weight excluding hydrogens is 314 g/mol. The average molecular weight is 335 g/mol. The fourth-order valence-corrected chi connectivity index (χ4v) is 4.41. The number of allylic oxidation sites excluding steroid dienone is 2. The standard InChI is InChI=1S/C16H21N3O3S/c1-18-12-5-4-11(20)9-13(12)23-16(18)6-7-17-14(21)10-19-8-2-3-15(19)22/h5,9,16H,2-4,6-8,10H2,1H3,(H,17,21). The van der Waals surface area contributed by atoms with Crippen LogP contribution >= 0.6 is 11.8 Å². The first-order chi connectivity index (χ1) is 11.0. The second-order valence-corrected chi connectivity index (χ2v) is 7.23. The maximum absolute atomic E-state index is 11.9. The Kier molecular flexibility index (Phi) is 4.75. The molecule has 0 aromatic carbocycles. The molecule has 0 aromatic rings. The highest BCUT2D eigenvalue weighted by Crippen LogP contribution is 2.43. The fraction of sp³-hybridized carbons (Fsp3) is 0.562. The number of fused-ring (bicyclic) bond motifs is 1. The van der Waals surface area contributed by atoms with E-state index in [1.54, 1.807) is 22.7 Å². The van der Waals surface area contributed by atoms with E-state index in [1.807, 2.05) is 13.1 Å². The van der Waals surface area contributed by atoms with Crippen molar-refractivity contribution in [1.29, 1.82) is 0 Å². The van der Waals surface area contributed by atoms with Crippen LogP contribution in [0.1, 0.15) is 25.7 Å². The zero-order valence-corrected chi connectivity index (χ0v) is 14.0. The van der Waals surface area contributed by atoms with E-state index in [4.69, 9.17) is 0 Å². The number of nitrogens with zero attached hydrogens (tertiary/aromatic N) is 2. The minimum absolute atomic E-state index is 0.0684. The number of carbonyl (C=O) groups is 3. The SMILES string of the molecule is CN1C2=CCC(=O)C=C2SC1CCNC(=O)CN1CCCC1=O. The van der Waals surface area contributed by atoms with Gasteiger partial charge in [0.05, 0.1) is 11.9 Å². The first-order valence-corrected chi connectivity index (χ1v) is 8.81. The van der Waals surface area contributed by atoms with E-state index in [1.165, 1.54) is 0 Å². The average Bonchev–Trinajstić information content (AvgIpc) is 3.03. The lowest BCUT2D eigenvalue weighted by Crippen LogP contribution is -2.39. The Morgan fingerprint density at radius 2 is 2.26 bits per heavy atom. The van der Waals surface area contributed by atoms with E-state index < -0.39 is 0 Å². The molecule has 0 saturated carbocycles. The van der Waals surface area contributed by atoms with Gasteiger partial charge in [-0.25, -0.2) is 0 Å². The summed E-state index contributed by atoms with van der Waals surface area (Å²) in [5.41, 5.74) is 1.12. The van der Waals surface area contributed by atoms with Gasteiger partial charge in [-0.1, -0.05) is 17.8 Å². The number of thioether (sulfide) groups is 1. The van der Waals surface area contributed by atoms with Gasteiger partial charge in [0.25, 0.3) is 0 Å². The predicted molar refractivity (Wildman–Crippen MR) is 88.4 cm³/mol. The van der Waals surface area contributed by atoms with Crippen molar-refractivity contribution >= 4 is 29.4 Å². The molecule has 1 N–H and O–H groups in total. The highest BCUT2D eigenvalue weighted by Gasteiger charge is 2.32. The molecule has 6 nitrogen and oxygen atoms in total. The van der Waals surface area contributed by atoms with Crippen LogP contribution in [0, 0.1) is 0 Å². The van der Waals surface area contributed by atoms with Crippen molar-refractivity contribution in [3.8, 4) is 0 Å². The number of likely N-dealkylation sites (N-methyl/N-ethyl adjacent to an activating group) is 1. The first kappa shape index (κ1) is 16.1. The minimum atomic E-state index is -0.100. The van der Waals surface area contributed by atoms with Gasteiger partial charge in [-0.05, 0) is 18.9 Å². The molecule has 2 aliphatic heterocycles. The second-order valence-electron chi connectivity index (χ2n) is 6.01. The first-order valence-electron chi connectivity index (χ1n) is 7.93. The molecule has 0 aromatic heterocycles. The zero-order valence-electron chi connectivity index (χ0n) is 13.2. The summed E-state index contributed by atoms with van der Waals surface area (Å²) in [6.07, 6.45) is 6.36. The van der Waals surface area contributed by atoms with E-state index in [0.717, 1.165) is 23.4 Å². The Balaban J connectivity index is 1.44. The lowest BCUT2D eigenvalue weighted by Gasteiger charge is -2.22. The number of hydrogen-bond acceptors (Lipinski definition) is 5. The van der Waals surface area contributed by atoms with Gasteiger partial charge < -0.3 is 15.1 Å². The van der Waals surface area contributed by atoms with Gasteiger partial charge in [0, 0.05) is 43.6 Å². The number of amides is 2. The van der Waals surface area contributed by atoms with Crippen molar-refractivity contribution in [3.05, 3.63) is 22.8 Å². The van der Waals surface area contributed by atoms with Gasteiger partial charge in [0.1, 0.15) is 0 Å². The Morgan fingerprint density at radius 1 is 1.43 bits per heavy atom. The number of hydrogen-bond donors (Lipinski definition) is 1. The molecule has 1 unspecified atom stereocenters. The molecule has 2 saturated heterocycles. The summed E-state index contributed by atoms with van der Waals surface area (Å²) in [5.74, 6) is 0.115. The maximum atomic E-state index is 11.9. The molecule has 3 rings (SSSR count). The number of nitrogens with one attached hydrogen (secondary N) is 1. The molecule has 1 atom stereocenters. The highest BCUT2D eigenvalue weighted by molar-refractivity contribution is 8.04. The fourth-order valence-electron chi connectivity index (χ4n) is 3.06. The third kappa shape index (κ3) is 3.60. The molecule has 2 heterocycles. The van der Waals surface area contributed by atoms with Crippen LogP contribution in [-0.4, -0.2) is 59.5 Å². The van der Waals surface area contributed by atoms with Crippen LogP contribution in [0.15, 0.2) is 22.8 Å². The Labute approximate surface area is 139 Å². The molecule has 1 aliphatic carbocycles. The van der Waals surface area contributed by atoms with E-state index in [0.29, 0.717) is 25.9 Å². The van der Waals surface area contributed by atoms with Crippen molar-refractivity contribution in [2.45, 2.75) is 31.1 Å². The van der Waals surface area contributed by atoms with Crippen molar-refractivity contribution in [2.75, 3.05) is 26.7 Å². The summed E-state index contributed by atoms with van der Waals surface area (Å²) in [5, 5.41) is 3.12. The largest absolute Gasteiger partial charge is 0.362 e. The third-order valence-electron chi connectivity index (χ3n) is 4.34. The Bertz CT molecular complexity index is 599. The molecule has 0 bridgehead atoms. The molecule has 7 heteroatoms. The van der Waals surface area contributed by atoms with Crippen LogP contribution in [0.2, 0.25) is 0 Å². The maximum Gasteiger partial charge on any atom is 0.239 e. The number of likely N-dealkylation sites (tertiary alicyclic amines) is 1. The van der Waals surface area contributed by atoms with E-state index in [2.05, 4.69) is 10.2 Å². The second kappa shape index (κ2) is 6.78. The zero-order chi connectivity index (χ0) is 16.4. The number of rotatable bonds is 5. The lowest BCUT2D eigenvalue weighted by molar-refractivity contribution is -0.133. The van der Waals surface area contributed by atoms with Gasteiger partial charge in [-0.15, -0.1) is 0 Å². The van der Waals surface area contributed by atoms with Gasteiger partial charge >= 0.3 is 0 Å². The van der Waals surface area contributed by atoms with Crippen LogP contribution < -0.4 is 5.32 Å². The smallest absolute Gasteiger partial charge is 0.239 e. The van der Waals surface area contributed by atoms with Crippen molar-refractivity contribution in [3.63, 3.8) is 0 Å². The summed E-state index contributed by atoms with van der Waals surface area (Å²) in [6.45, 7) is 1.42. The van der Waals surface area contributed by atoms with Crippen molar-refractivity contribution in [1.82, 2.24) is 15.1 Å². The lowest BCUT2D eigenvalue weighted by atomic mass is 10.1. The normalized spacial score (nSPS) is 23.8. The molecule has 0 radical (unpaired) electrons. The monoisotopic (exact) mass is 335 g/mol. The molecule has 124 valence electrons. The van der Waals surface area contributed by atoms with Crippen LogP contribution in [0.4, 0.5) is 0 Å². The van der Waals surface area contributed by atoms with Crippen LogP contribution in [0.25, 0.3) is 0 Å². The van der Waals surface area contributed by atoms with Gasteiger partial charge in [0.2, 0.25) is 11.8 Å². The van der Waals surface area contributed by atoms with E-state index >= 15 is 0 Å². The van der Waals surface area contributed by atoms with Crippen molar-refractivity contribution in [2.24, 2.45) is 0 Å². The Hall–Kier alpha value is -1.76. The topological polar surface area (TPSA) is 69.7 Å². The summed E-state index contributed by atoms with van der Waals surface area (Å²) < 4.78 is 0. The molecule has 23 heavy (non-hydrogen) atoms. The summed E-state index contributed by atoms with van der Waals surface area (Å²) in [7, 11) is 2.02. The predicted octanol–water partition coefficient (Wildman–Crippen LogP) is 0.860. The quantitative estimate of drug-likeness (QED) is 0.807. The van der Waals surface area contributed by atoms with Crippen LogP contribution in [0.3, 0.4) is 0 Å².